The highest BCUT2D eigenvalue weighted by atomic mass is 19.4. The number of carbonyl (C=O) groups excluding carboxylic acids is 1. The SMILES string of the molecule is CCC1CCC2CCCC(CCNC(=O)C(F)(F)F)C2C1. The number of alkyl halides is 3. The molecule has 0 aromatic rings. The van der Waals surface area contributed by atoms with Gasteiger partial charge in [0.25, 0.3) is 0 Å². The van der Waals surface area contributed by atoms with E-state index in [1.54, 1.807) is 0 Å². The Morgan fingerprint density at radius 1 is 1.19 bits per heavy atom. The Labute approximate surface area is 124 Å². The smallest absolute Gasteiger partial charge is 0.348 e. The standard InChI is InChI=1S/C16H26F3NO/c1-2-11-6-7-12-4-3-5-13(14(12)10-11)8-9-20-15(21)16(17,18)19/h11-14H,2-10H2,1H3,(H,20,21). The summed E-state index contributed by atoms with van der Waals surface area (Å²) in [6.45, 7) is 2.38. The first-order valence-corrected chi connectivity index (χ1v) is 8.26. The van der Waals surface area contributed by atoms with E-state index in [-0.39, 0.29) is 6.54 Å². The molecule has 0 aliphatic heterocycles. The van der Waals surface area contributed by atoms with E-state index in [0.717, 1.165) is 18.3 Å². The van der Waals surface area contributed by atoms with E-state index in [4.69, 9.17) is 0 Å². The fourth-order valence-electron chi connectivity index (χ4n) is 4.35. The Morgan fingerprint density at radius 3 is 2.62 bits per heavy atom. The van der Waals surface area contributed by atoms with E-state index in [0.29, 0.717) is 18.3 Å². The predicted octanol–water partition coefficient (Wildman–Crippen LogP) is 4.30. The minimum atomic E-state index is -4.76. The molecule has 4 unspecified atom stereocenters. The number of amides is 1. The van der Waals surface area contributed by atoms with Gasteiger partial charge in [0.05, 0.1) is 0 Å². The summed E-state index contributed by atoms with van der Waals surface area (Å²) in [7, 11) is 0. The Hall–Kier alpha value is -0.740. The van der Waals surface area contributed by atoms with Gasteiger partial charge in [-0.15, -0.1) is 0 Å². The highest BCUT2D eigenvalue weighted by molar-refractivity contribution is 5.81. The summed E-state index contributed by atoms with van der Waals surface area (Å²) >= 11 is 0. The van der Waals surface area contributed by atoms with Crippen LogP contribution in [0, 0.1) is 23.7 Å². The molecule has 2 nitrogen and oxygen atoms in total. The molecule has 0 aromatic carbocycles. The van der Waals surface area contributed by atoms with Crippen molar-refractivity contribution in [3.63, 3.8) is 0 Å². The highest BCUT2D eigenvalue weighted by Gasteiger charge is 2.39. The minimum Gasteiger partial charge on any atom is -0.348 e. The van der Waals surface area contributed by atoms with Crippen molar-refractivity contribution in [1.29, 1.82) is 0 Å². The monoisotopic (exact) mass is 305 g/mol. The van der Waals surface area contributed by atoms with Crippen molar-refractivity contribution in [2.24, 2.45) is 23.7 Å². The summed E-state index contributed by atoms with van der Waals surface area (Å²) in [6, 6.07) is 0. The summed E-state index contributed by atoms with van der Waals surface area (Å²) in [5.74, 6) is 0.915. The summed E-state index contributed by atoms with van der Waals surface area (Å²) in [6.07, 6.45) is 4.57. The number of hydrogen-bond acceptors (Lipinski definition) is 1. The van der Waals surface area contributed by atoms with Crippen molar-refractivity contribution in [2.75, 3.05) is 6.54 Å². The summed E-state index contributed by atoms with van der Waals surface area (Å²) in [5, 5.41) is 2.03. The molecule has 2 fully saturated rings. The van der Waals surface area contributed by atoms with Crippen molar-refractivity contribution in [3.05, 3.63) is 0 Å². The second-order valence-corrected chi connectivity index (χ2v) is 6.74. The van der Waals surface area contributed by atoms with Gasteiger partial charge in [-0.2, -0.15) is 13.2 Å². The van der Waals surface area contributed by atoms with E-state index < -0.39 is 12.1 Å². The zero-order valence-electron chi connectivity index (χ0n) is 12.7. The molecule has 2 rings (SSSR count). The van der Waals surface area contributed by atoms with Gasteiger partial charge in [0.1, 0.15) is 0 Å². The number of rotatable bonds is 4. The van der Waals surface area contributed by atoms with E-state index in [2.05, 4.69) is 6.92 Å². The fraction of sp³-hybridized carbons (Fsp3) is 0.938. The molecule has 1 N–H and O–H groups in total. The molecule has 2 aliphatic carbocycles. The quantitative estimate of drug-likeness (QED) is 0.824. The van der Waals surface area contributed by atoms with Crippen molar-refractivity contribution < 1.29 is 18.0 Å². The number of hydrogen-bond donors (Lipinski definition) is 1. The van der Waals surface area contributed by atoms with Crippen LogP contribution in [0.15, 0.2) is 0 Å². The van der Waals surface area contributed by atoms with Gasteiger partial charge in [-0.1, -0.05) is 39.0 Å². The van der Waals surface area contributed by atoms with Gasteiger partial charge in [-0.25, -0.2) is 0 Å². The number of nitrogens with one attached hydrogen (secondary N) is 1. The van der Waals surface area contributed by atoms with Crippen LogP contribution in [-0.4, -0.2) is 18.6 Å². The largest absolute Gasteiger partial charge is 0.471 e. The Balaban J connectivity index is 1.82. The van der Waals surface area contributed by atoms with Crippen LogP contribution in [0.5, 0.6) is 0 Å². The predicted molar refractivity (Wildman–Crippen MR) is 75.6 cm³/mol. The Morgan fingerprint density at radius 2 is 1.95 bits per heavy atom. The van der Waals surface area contributed by atoms with Crippen LogP contribution in [0.3, 0.4) is 0 Å². The van der Waals surface area contributed by atoms with Crippen LogP contribution in [0.25, 0.3) is 0 Å². The summed E-state index contributed by atoms with van der Waals surface area (Å²) in [5.41, 5.74) is 0. The van der Waals surface area contributed by atoms with E-state index >= 15 is 0 Å². The average molecular weight is 305 g/mol. The van der Waals surface area contributed by atoms with Crippen molar-refractivity contribution in [3.8, 4) is 0 Å². The van der Waals surface area contributed by atoms with Gasteiger partial charge in [0.15, 0.2) is 0 Å². The summed E-state index contributed by atoms with van der Waals surface area (Å²) < 4.78 is 36.5. The molecule has 0 heterocycles. The molecule has 21 heavy (non-hydrogen) atoms. The second-order valence-electron chi connectivity index (χ2n) is 6.74. The lowest BCUT2D eigenvalue weighted by Crippen LogP contribution is -2.39. The van der Waals surface area contributed by atoms with Gasteiger partial charge in [0.2, 0.25) is 0 Å². The molecule has 0 radical (unpaired) electrons. The maximum atomic E-state index is 12.2. The molecule has 4 atom stereocenters. The van der Waals surface area contributed by atoms with E-state index in [1.807, 2.05) is 5.32 Å². The molecule has 0 spiro atoms. The number of halogens is 3. The lowest BCUT2D eigenvalue weighted by Gasteiger charge is -2.44. The normalized spacial score (nSPS) is 33.3. The maximum Gasteiger partial charge on any atom is 0.471 e. The fourth-order valence-corrected chi connectivity index (χ4v) is 4.35. The van der Waals surface area contributed by atoms with Crippen molar-refractivity contribution in [2.45, 2.75) is 64.5 Å². The van der Waals surface area contributed by atoms with Crippen LogP contribution < -0.4 is 5.32 Å². The highest BCUT2D eigenvalue weighted by Crippen LogP contribution is 2.47. The third kappa shape index (κ3) is 4.36. The van der Waals surface area contributed by atoms with Crippen LogP contribution in [0.2, 0.25) is 0 Å². The zero-order chi connectivity index (χ0) is 15.5. The third-order valence-corrected chi connectivity index (χ3v) is 5.55. The molecule has 5 heteroatoms. The van der Waals surface area contributed by atoms with Crippen LogP contribution in [0.1, 0.15) is 58.3 Å². The summed E-state index contributed by atoms with van der Waals surface area (Å²) in [4.78, 5) is 10.9. The van der Waals surface area contributed by atoms with Crippen molar-refractivity contribution >= 4 is 5.91 Å². The lowest BCUT2D eigenvalue weighted by molar-refractivity contribution is -0.173. The Bertz CT molecular complexity index is 356. The van der Waals surface area contributed by atoms with Gasteiger partial charge < -0.3 is 5.32 Å². The first kappa shape index (κ1) is 16.6. The van der Waals surface area contributed by atoms with Gasteiger partial charge in [-0.05, 0) is 42.9 Å². The van der Waals surface area contributed by atoms with Gasteiger partial charge >= 0.3 is 12.1 Å². The first-order valence-electron chi connectivity index (χ1n) is 8.26. The molecule has 1 amide bonds. The first-order chi connectivity index (χ1) is 9.91. The molecular formula is C16H26F3NO. The molecule has 2 saturated carbocycles. The second kappa shape index (κ2) is 7.01. The van der Waals surface area contributed by atoms with Crippen LogP contribution in [-0.2, 0) is 4.79 Å². The molecule has 0 bridgehead atoms. The topological polar surface area (TPSA) is 29.1 Å². The lowest BCUT2D eigenvalue weighted by atomic mass is 9.62. The van der Waals surface area contributed by atoms with E-state index in [1.165, 1.54) is 38.5 Å². The van der Waals surface area contributed by atoms with Crippen LogP contribution >= 0.6 is 0 Å². The number of fused-ring (bicyclic) bond motifs is 1. The molecule has 0 aromatic heterocycles. The average Bonchev–Trinajstić information content (AvgIpc) is 2.45. The van der Waals surface area contributed by atoms with Gasteiger partial charge in [0, 0.05) is 6.54 Å². The van der Waals surface area contributed by atoms with E-state index in [9.17, 15) is 18.0 Å². The molecule has 122 valence electrons. The molecule has 0 saturated heterocycles. The molecule has 2 aliphatic rings. The zero-order valence-corrected chi connectivity index (χ0v) is 12.7. The maximum absolute atomic E-state index is 12.2. The van der Waals surface area contributed by atoms with Crippen LogP contribution in [0.4, 0.5) is 13.2 Å². The number of carbonyl (C=O) groups is 1. The van der Waals surface area contributed by atoms with Crippen molar-refractivity contribution in [1.82, 2.24) is 5.32 Å². The third-order valence-electron chi connectivity index (χ3n) is 5.55. The molecular weight excluding hydrogens is 279 g/mol. The Kier molecular flexibility index (Phi) is 5.55. The minimum absolute atomic E-state index is 0.156. The van der Waals surface area contributed by atoms with Gasteiger partial charge in [-0.3, -0.25) is 4.79 Å².